The molecule has 4 rings (SSSR count). The predicted molar refractivity (Wildman–Crippen MR) is 79.4 cm³/mol. The Morgan fingerprint density at radius 3 is 2.95 bits per heavy atom. The molecule has 0 fully saturated rings. The maximum atomic E-state index is 4.41. The number of hydrogen-bond acceptors (Lipinski definition) is 3. The van der Waals surface area contributed by atoms with Crippen molar-refractivity contribution in [1.29, 1.82) is 0 Å². The van der Waals surface area contributed by atoms with Crippen LogP contribution >= 0.6 is 0 Å². The van der Waals surface area contributed by atoms with Crippen molar-refractivity contribution in [1.82, 2.24) is 19.9 Å². The van der Waals surface area contributed by atoms with E-state index in [9.17, 15) is 0 Å². The lowest BCUT2D eigenvalue weighted by molar-refractivity contribution is 1.22. The highest BCUT2D eigenvalue weighted by atomic mass is 14.8. The van der Waals surface area contributed by atoms with Gasteiger partial charge in [-0.05, 0) is 36.2 Å². The molecule has 3 heterocycles. The standard InChI is InChI=1S/C16H12N4/c1-10-4-13-14(8-19-16(13)18-6-10)11-2-3-15-12(5-11)7-17-9-20-15/h2-9H,1H3,(H,18,19). The van der Waals surface area contributed by atoms with E-state index < -0.39 is 0 Å². The molecule has 0 saturated heterocycles. The summed E-state index contributed by atoms with van der Waals surface area (Å²) in [6, 6.07) is 8.37. The van der Waals surface area contributed by atoms with Crippen molar-refractivity contribution in [2.24, 2.45) is 0 Å². The van der Waals surface area contributed by atoms with Gasteiger partial charge in [-0.3, -0.25) is 0 Å². The lowest BCUT2D eigenvalue weighted by Crippen LogP contribution is -1.83. The van der Waals surface area contributed by atoms with Crippen molar-refractivity contribution in [2.45, 2.75) is 6.92 Å². The van der Waals surface area contributed by atoms with Crippen LogP contribution in [0.1, 0.15) is 5.56 Å². The maximum Gasteiger partial charge on any atom is 0.137 e. The maximum absolute atomic E-state index is 4.41. The van der Waals surface area contributed by atoms with Crippen LogP contribution in [0.15, 0.2) is 49.2 Å². The quantitative estimate of drug-likeness (QED) is 0.570. The van der Waals surface area contributed by atoms with Crippen LogP contribution in [0.25, 0.3) is 33.1 Å². The summed E-state index contributed by atoms with van der Waals surface area (Å²) in [7, 11) is 0. The molecule has 0 aliphatic heterocycles. The SMILES string of the molecule is Cc1cnc2[nH]cc(-c3ccc4ncncc4c3)c2c1. The van der Waals surface area contributed by atoms with Gasteiger partial charge in [0.2, 0.25) is 0 Å². The molecule has 0 spiro atoms. The number of fused-ring (bicyclic) bond motifs is 2. The number of aromatic nitrogens is 4. The number of aromatic amines is 1. The van der Waals surface area contributed by atoms with Gasteiger partial charge in [0, 0.05) is 34.9 Å². The van der Waals surface area contributed by atoms with Gasteiger partial charge in [0.1, 0.15) is 12.0 Å². The number of aryl methyl sites for hydroxylation is 1. The fourth-order valence-electron chi connectivity index (χ4n) is 2.50. The Morgan fingerprint density at radius 1 is 1.05 bits per heavy atom. The fraction of sp³-hybridized carbons (Fsp3) is 0.0625. The highest BCUT2D eigenvalue weighted by Crippen LogP contribution is 2.29. The zero-order valence-electron chi connectivity index (χ0n) is 11.0. The summed E-state index contributed by atoms with van der Waals surface area (Å²) in [5, 5.41) is 2.18. The van der Waals surface area contributed by atoms with Gasteiger partial charge < -0.3 is 4.98 Å². The van der Waals surface area contributed by atoms with E-state index in [4.69, 9.17) is 0 Å². The van der Waals surface area contributed by atoms with Crippen molar-refractivity contribution in [3.8, 4) is 11.1 Å². The molecule has 1 aromatic carbocycles. The summed E-state index contributed by atoms with van der Waals surface area (Å²) in [6.07, 6.45) is 7.28. The average molecular weight is 260 g/mol. The lowest BCUT2D eigenvalue weighted by Gasteiger charge is -2.02. The van der Waals surface area contributed by atoms with Crippen molar-refractivity contribution >= 4 is 21.9 Å². The van der Waals surface area contributed by atoms with Crippen LogP contribution in [-0.2, 0) is 0 Å². The van der Waals surface area contributed by atoms with Crippen LogP contribution < -0.4 is 0 Å². The fourth-order valence-corrected chi connectivity index (χ4v) is 2.50. The highest BCUT2D eigenvalue weighted by molar-refractivity contribution is 5.96. The van der Waals surface area contributed by atoms with Gasteiger partial charge in [-0.25, -0.2) is 15.0 Å². The topological polar surface area (TPSA) is 54.5 Å². The zero-order valence-corrected chi connectivity index (χ0v) is 11.0. The van der Waals surface area contributed by atoms with E-state index >= 15 is 0 Å². The summed E-state index contributed by atoms with van der Waals surface area (Å²) in [5.74, 6) is 0. The molecule has 0 bridgehead atoms. The molecule has 0 atom stereocenters. The summed E-state index contributed by atoms with van der Waals surface area (Å²) in [5.41, 5.74) is 5.32. The third-order valence-electron chi connectivity index (χ3n) is 3.48. The van der Waals surface area contributed by atoms with Crippen LogP contribution in [0.4, 0.5) is 0 Å². The van der Waals surface area contributed by atoms with E-state index in [1.807, 2.05) is 24.7 Å². The summed E-state index contributed by atoms with van der Waals surface area (Å²) in [4.78, 5) is 16.0. The minimum Gasteiger partial charge on any atom is -0.346 e. The predicted octanol–water partition coefficient (Wildman–Crippen LogP) is 3.48. The third-order valence-corrected chi connectivity index (χ3v) is 3.48. The minimum atomic E-state index is 0.912. The van der Waals surface area contributed by atoms with Crippen LogP contribution in [-0.4, -0.2) is 19.9 Å². The van der Waals surface area contributed by atoms with Gasteiger partial charge in [0.15, 0.2) is 0 Å². The van der Waals surface area contributed by atoms with Gasteiger partial charge >= 0.3 is 0 Å². The number of hydrogen-bond donors (Lipinski definition) is 1. The summed E-state index contributed by atoms with van der Waals surface area (Å²) < 4.78 is 0. The Bertz CT molecular complexity index is 924. The minimum absolute atomic E-state index is 0.912. The van der Waals surface area contributed by atoms with Crippen molar-refractivity contribution in [3.63, 3.8) is 0 Å². The molecule has 4 heteroatoms. The van der Waals surface area contributed by atoms with Gasteiger partial charge in [0.05, 0.1) is 5.52 Å². The first-order chi connectivity index (χ1) is 9.81. The average Bonchev–Trinajstić information content (AvgIpc) is 2.89. The number of pyridine rings is 1. The largest absolute Gasteiger partial charge is 0.346 e. The monoisotopic (exact) mass is 260 g/mol. The Hall–Kier alpha value is -2.75. The Kier molecular flexibility index (Phi) is 2.29. The Labute approximate surface area is 115 Å². The number of H-pyrrole nitrogens is 1. The van der Waals surface area contributed by atoms with Crippen LogP contribution in [0.5, 0.6) is 0 Å². The van der Waals surface area contributed by atoms with Crippen LogP contribution in [0.3, 0.4) is 0 Å². The molecule has 0 aliphatic carbocycles. The first-order valence-electron chi connectivity index (χ1n) is 6.45. The molecular formula is C16H12N4. The number of nitrogens with one attached hydrogen (secondary N) is 1. The molecule has 96 valence electrons. The molecule has 4 nitrogen and oxygen atoms in total. The Balaban J connectivity index is 1.98. The van der Waals surface area contributed by atoms with E-state index in [0.717, 1.165) is 38.6 Å². The van der Waals surface area contributed by atoms with Gasteiger partial charge in [-0.15, -0.1) is 0 Å². The van der Waals surface area contributed by atoms with E-state index in [1.54, 1.807) is 6.33 Å². The van der Waals surface area contributed by atoms with Crippen LogP contribution in [0, 0.1) is 6.92 Å². The van der Waals surface area contributed by atoms with E-state index in [-0.39, 0.29) is 0 Å². The van der Waals surface area contributed by atoms with Crippen molar-refractivity contribution in [2.75, 3.05) is 0 Å². The first-order valence-corrected chi connectivity index (χ1v) is 6.45. The van der Waals surface area contributed by atoms with Crippen LogP contribution in [0.2, 0.25) is 0 Å². The zero-order chi connectivity index (χ0) is 13.5. The van der Waals surface area contributed by atoms with Crippen molar-refractivity contribution in [3.05, 3.63) is 54.7 Å². The molecule has 0 saturated carbocycles. The first kappa shape index (κ1) is 11.1. The molecule has 20 heavy (non-hydrogen) atoms. The molecule has 0 unspecified atom stereocenters. The Morgan fingerprint density at radius 2 is 2.00 bits per heavy atom. The number of rotatable bonds is 1. The molecular weight excluding hydrogens is 248 g/mol. The normalized spacial score (nSPS) is 11.2. The second-order valence-electron chi connectivity index (χ2n) is 4.91. The van der Waals surface area contributed by atoms with E-state index in [2.05, 4.69) is 45.1 Å². The molecule has 4 aromatic rings. The van der Waals surface area contributed by atoms with Crippen molar-refractivity contribution < 1.29 is 0 Å². The smallest absolute Gasteiger partial charge is 0.137 e. The number of benzene rings is 1. The molecule has 3 aromatic heterocycles. The molecule has 0 radical (unpaired) electrons. The number of nitrogens with zero attached hydrogens (tertiary/aromatic N) is 3. The van der Waals surface area contributed by atoms with E-state index in [0.29, 0.717) is 0 Å². The third kappa shape index (κ3) is 1.66. The van der Waals surface area contributed by atoms with Gasteiger partial charge in [-0.1, -0.05) is 6.07 Å². The van der Waals surface area contributed by atoms with Gasteiger partial charge in [-0.2, -0.15) is 0 Å². The summed E-state index contributed by atoms with van der Waals surface area (Å²) in [6.45, 7) is 2.05. The lowest BCUT2D eigenvalue weighted by atomic mass is 10.0. The molecule has 1 N–H and O–H groups in total. The summed E-state index contributed by atoms with van der Waals surface area (Å²) >= 11 is 0. The van der Waals surface area contributed by atoms with Gasteiger partial charge in [0.25, 0.3) is 0 Å². The second kappa shape index (κ2) is 4.13. The highest BCUT2D eigenvalue weighted by Gasteiger charge is 2.08. The molecule has 0 aliphatic rings. The van der Waals surface area contributed by atoms with E-state index in [1.165, 1.54) is 0 Å². The second-order valence-corrected chi connectivity index (χ2v) is 4.91. The molecule has 0 amide bonds.